The fourth-order valence-corrected chi connectivity index (χ4v) is 2.65. The molecule has 1 atom stereocenters. The summed E-state index contributed by atoms with van der Waals surface area (Å²) in [5.74, 6) is 0. The monoisotopic (exact) mass is 298 g/mol. The first-order valence-corrected chi connectivity index (χ1v) is 6.52. The fraction of sp³-hybridized carbons (Fsp3) is 0.357. The maximum Gasteiger partial charge on any atom is 0.417 e. The Morgan fingerprint density at radius 3 is 2.67 bits per heavy atom. The second-order valence-electron chi connectivity index (χ2n) is 5.16. The lowest BCUT2D eigenvalue weighted by Gasteiger charge is -2.19. The van der Waals surface area contributed by atoms with E-state index in [1.54, 1.807) is 6.07 Å². The van der Waals surface area contributed by atoms with Crippen LogP contribution in [-0.2, 0) is 6.18 Å². The smallest absolute Gasteiger partial charge is 0.391 e. The number of halogens is 3. The van der Waals surface area contributed by atoms with Crippen LogP contribution in [0.25, 0.3) is 10.9 Å². The Labute approximate surface area is 117 Å². The van der Waals surface area contributed by atoms with Gasteiger partial charge in [0, 0.05) is 35.7 Å². The number of aromatic amines is 1. The molecule has 0 unspecified atom stereocenters. The number of anilines is 1. The molecule has 1 saturated heterocycles. The molecule has 112 valence electrons. The SMILES string of the molecule is O=c1cc(C(F)(F)F)c2cc(N3CC[C@@H](O)C3)ccc2[nH]1. The highest BCUT2D eigenvalue weighted by Gasteiger charge is 2.33. The van der Waals surface area contributed by atoms with E-state index in [-0.39, 0.29) is 10.9 Å². The topological polar surface area (TPSA) is 56.3 Å². The number of pyridine rings is 1. The zero-order chi connectivity index (χ0) is 15.2. The molecule has 1 aromatic carbocycles. The van der Waals surface area contributed by atoms with Crippen LogP contribution in [0, 0.1) is 0 Å². The van der Waals surface area contributed by atoms with E-state index in [9.17, 15) is 23.1 Å². The van der Waals surface area contributed by atoms with Crippen LogP contribution >= 0.6 is 0 Å². The molecule has 3 rings (SSSR count). The van der Waals surface area contributed by atoms with E-state index >= 15 is 0 Å². The second-order valence-corrected chi connectivity index (χ2v) is 5.16. The molecule has 4 nitrogen and oxygen atoms in total. The molecule has 21 heavy (non-hydrogen) atoms. The van der Waals surface area contributed by atoms with Crippen molar-refractivity contribution in [1.29, 1.82) is 0 Å². The van der Waals surface area contributed by atoms with E-state index in [4.69, 9.17) is 0 Å². The minimum absolute atomic E-state index is 0.0408. The normalized spacial score (nSPS) is 19.4. The molecule has 1 fully saturated rings. The summed E-state index contributed by atoms with van der Waals surface area (Å²) < 4.78 is 39.2. The van der Waals surface area contributed by atoms with Crippen LogP contribution in [0.5, 0.6) is 0 Å². The highest BCUT2D eigenvalue weighted by atomic mass is 19.4. The second kappa shape index (κ2) is 4.77. The number of β-amino-alcohol motifs (C(OH)–C–C–N with tert-alkyl or cyclic N) is 1. The molecule has 1 aromatic heterocycles. The lowest BCUT2D eigenvalue weighted by atomic mass is 10.1. The van der Waals surface area contributed by atoms with Gasteiger partial charge in [0.05, 0.1) is 11.7 Å². The number of H-pyrrole nitrogens is 1. The van der Waals surface area contributed by atoms with E-state index in [0.29, 0.717) is 31.3 Å². The van der Waals surface area contributed by atoms with E-state index in [1.165, 1.54) is 12.1 Å². The number of nitrogens with one attached hydrogen (secondary N) is 1. The Balaban J connectivity index is 2.16. The highest BCUT2D eigenvalue weighted by molar-refractivity contribution is 5.86. The Morgan fingerprint density at radius 1 is 1.29 bits per heavy atom. The molecule has 2 heterocycles. The number of aromatic nitrogens is 1. The van der Waals surface area contributed by atoms with Gasteiger partial charge in [0.2, 0.25) is 5.56 Å². The third-order valence-electron chi connectivity index (χ3n) is 3.66. The van der Waals surface area contributed by atoms with Gasteiger partial charge in [-0.15, -0.1) is 0 Å². The van der Waals surface area contributed by atoms with Gasteiger partial charge in [0.1, 0.15) is 0 Å². The van der Waals surface area contributed by atoms with Gasteiger partial charge >= 0.3 is 6.18 Å². The standard InChI is InChI=1S/C14H13F3N2O2/c15-14(16,17)11-6-13(21)18-12-2-1-8(5-10(11)12)19-4-3-9(20)7-19/h1-2,5-6,9,20H,3-4,7H2,(H,18,21)/t9-/m1/s1. The molecule has 2 N–H and O–H groups in total. The van der Waals surface area contributed by atoms with E-state index in [0.717, 1.165) is 0 Å². The van der Waals surface area contributed by atoms with Crippen molar-refractivity contribution in [1.82, 2.24) is 4.98 Å². The van der Waals surface area contributed by atoms with E-state index < -0.39 is 23.4 Å². The van der Waals surface area contributed by atoms with Crippen LogP contribution < -0.4 is 10.5 Å². The van der Waals surface area contributed by atoms with Gasteiger partial charge in [0.15, 0.2) is 0 Å². The largest absolute Gasteiger partial charge is 0.417 e. The zero-order valence-corrected chi connectivity index (χ0v) is 10.9. The number of aliphatic hydroxyl groups is 1. The summed E-state index contributed by atoms with van der Waals surface area (Å²) in [4.78, 5) is 15.6. The average Bonchev–Trinajstić information content (AvgIpc) is 2.83. The average molecular weight is 298 g/mol. The molecule has 0 saturated carbocycles. The van der Waals surface area contributed by atoms with Gasteiger partial charge < -0.3 is 15.0 Å². The molecular formula is C14H13F3N2O2. The Hall–Kier alpha value is -2.02. The predicted molar refractivity (Wildman–Crippen MR) is 72.4 cm³/mol. The number of benzene rings is 1. The Morgan fingerprint density at radius 2 is 2.05 bits per heavy atom. The molecule has 0 aliphatic carbocycles. The predicted octanol–water partition coefficient (Wildman–Crippen LogP) is 2.12. The molecule has 1 aliphatic rings. The van der Waals surface area contributed by atoms with Crippen molar-refractivity contribution >= 4 is 16.6 Å². The third-order valence-corrected chi connectivity index (χ3v) is 3.66. The van der Waals surface area contributed by atoms with E-state index in [1.807, 2.05) is 4.90 Å². The minimum Gasteiger partial charge on any atom is -0.391 e. The maximum absolute atomic E-state index is 13.1. The molecule has 0 bridgehead atoms. The molecule has 0 radical (unpaired) electrons. The van der Waals surface area contributed by atoms with E-state index in [2.05, 4.69) is 4.98 Å². The molecule has 0 spiro atoms. The number of rotatable bonds is 1. The summed E-state index contributed by atoms with van der Waals surface area (Å²) >= 11 is 0. The van der Waals surface area contributed by atoms with Crippen molar-refractivity contribution in [2.75, 3.05) is 18.0 Å². The van der Waals surface area contributed by atoms with Gasteiger partial charge in [-0.25, -0.2) is 0 Å². The quantitative estimate of drug-likeness (QED) is 0.848. The summed E-state index contributed by atoms with van der Waals surface area (Å²) in [6.45, 7) is 0.994. The number of hydrogen-bond donors (Lipinski definition) is 2. The van der Waals surface area contributed by atoms with Crippen LogP contribution in [-0.4, -0.2) is 29.3 Å². The van der Waals surface area contributed by atoms with Crippen molar-refractivity contribution < 1.29 is 18.3 Å². The maximum atomic E-state index is 13.1. The summed E-state index contributed by atoms with van der Waals surface area (Å²) in [5.41, 5.74) is -0.961. The Bertz CT molecular complexity index is 739. The lowest BCUT2D eigenvalue weighted by molar-refractivity contribution is -0.136. The summed E-state index contributed by atoms with van der Waals surface area (Å²) in [6, 6.07) is 5.10. The molecule has 2 aromatic rings. The van der Waals surface area contributed by atoms with Crippen LogP contribution in [0.3, 0.4) is 0 Å². The van der Waals surface area contributed by atoms with Gasteiger partial charge in [-0.05, 0) is 24.6 Å². The van der Waals surface area contributed by atoms with Gasteiger partial charge in [-0.3, -0.25) is 4.79 Å². The highest BCUT2D eigenvalue weighted by Crippen LogP contribution is 2.35. The molecule has 1 aliphatic heterocycles. The number of alkyl halides is 3. The van der Waals surface area contributed by atoms with Crippen LogP contribution in [0.15, 0.2) is 29.1 Å². The van der Waals surface area contributed by atoms with Crippen molar-refractivity contribution in [3.05, 3.63) is 40.2 Å². The van der Waals surface area contributed by atoms with Crippen LogP contribution in [0.2, 0.25) is 0 Å². The van der Waals surface area contributed by atoms with Gasteiger partial charge in [-0.2, -0.15) is 13.2 Å². The first-order valence-electron chi connectivity index (χ1n) is 6.52. The Kier molecular flexibility index (Phi) is 3.16. The lowest BCUT2D eigenvalue weighted by Crippen LogP contribution is -2.21. The third kappa shape index (κ3) is 2.61. The number of hydrogen-bond acceptors (Lipinski definition) is 3. The minimum atomic E-state index is -4.59. The molecule has 0 amide bonds. The zero-order valence-electron chi connectivity index (χ0n) is 10.9. The van der Waals surface area contributed by atoms with Gasteiger partial charge in [-0.1, -0.05) is 0 Å². The fourth-order valence-electron chi connectivity index (χ4n) is 2.65. The summed E-state index contributed by atoms with van der Waals surface area (Å²) in [7, 11) is 0. The first kappa shape index (κ1) is 13.9. The van der Waals surface area contributed by atoms with Crippen molar-refractivity contribution in [3.63, 3.8) is 0 Å². The molecule has 7 heteroatoms. The number of fused-ring (bicyclic) bond motifs is 1. The summed E-state index contributed by atoms with van der Waals surface area (Å²) in [5, 5.41) is 9.48. The first-order chi connectivity index (χ1) is 9.84. The van der Waals surface area contributed by atoms with Crippen LogP contribution in [0.4, 0.5) is 18.9 Å². The van der Waals surface area contributed by atoms with Crippen molar-refractivity contribution in [3.8, 4) is 0 Å². The number of aliphatic hydroxyl groups excluding tert-OH is 1. The summed E-state index contributed by atoms with van der Waals surface area (Å²) in [6.07, 6.45) is -4.45. The van der Waals surface area contributed by atoms with Crippen molar-refractivity contribution in [2.24, 2.45) is 0 Å². The molecular weight excluding hydrogens is 285 g/mol. The van der Waals surface area contributed by atoms with Gasteiger partial charge in [0.25, 0.3) is 0 Å². The number of nitrogens with zero attached hydrogens (tertiary/aromatic N) is 1. The van der Waals surface area contributed by atoms with Crippen LogP contribution in [0.1, 0.15) is 12.0 Å². The van der Waals surface area contributed by atoms with Crippen molar-refractivity contribution in [2.45, 2.75) is 18.7 Å².